The maximum atomic E-state index is 13.3. The van der Waals surface area contributed by atoms with Crippen LogP contribution >= 0.6 is 11.3 Å². The average molecular weight is 426 g/mol. The Balaban J connectivity index is 1.35. The molecule has 10 heteroatoms. The summed E-state index contributed by atoms with van der Waals surface area (Å²) in [6.07, 6.45) is 1.92. The molecule has 1 unspecified atom stereocenters. The monoisotopic (exact) mass is 425 g/mol. The molecule has 0 saturated heterocycles. The average Bonchev–Trinajstić information content (AvgIpc) is 3.13. The number of aryl methyl sites for hydroxylation is 2. The Morgan fingerprint density at radius 3 is 2.76 bits per heavy atom. The third kappa shape index (κ3) is 4.57. The minimum absolute atomic E-state index is 0.0688. The lowest BCUT2D eigenvalue weighted by Gasteiger charge is -2.28. The number of nitrogens with one attached hydrogen (secondary N) is 1. The van der Waals surface area contributed by atoms with Crippen molar-refractivity contribution < 1.29 is 13.6 Å². The number of hydrogen-bond donors (Lipinski definition) is 1. The summed E-state index contributed by atoms with van der Waals surface area (Å²) < 4.78 is 29.7. The summed E-state index contributed by atoms with van der Waals surface area (Å²) >= 11 is 1.54. The van der Waals surface area contributed by atoms with Gasteiger partial charge in [0.05, 0.1) is 17.2 Å². The number of halogens is 2. The predicted molar refractivity (Wildman–Crippen MR) is 104 cm³/mol. The van der Waals surface area contributed by atoms with Gasteiger partial charge >= 0.3 is 5.69 Å². The second kappa shape index (κ2) is 7.97. The normalized spacial score (nSPS) is 22.1. The van der Waals surface area contributed by atoms with Crippen molar-refractivity contribution in [2.24, 2.45) is 5.92 Å². The van der Waals surface area contributed by atoms with Gasteiger partial charge in [-0.1, -0.05) is 0 Å². The topological polar surface area (TPSA) is 81.8 Å². The maximum absolute atomic E-state index is 13.3. The summed E-state index contributed by atoms with van der Waals surface area (Å²) in [6.45, 7) is 2.76. The second-order valence-electron chi connectivity index (χ2n) is 8.03. The summed E-state index contributed by atoms with van der Waals surface area (Å²) in [7, 11) is 0. The van der Waals surface area contributed by atoms with Crippen molar-refractivity contribution in [3.8, 4) is 0 Å². The fraction of sp³-hybridized carbons (Fsp3) is 0.684. The van der Waals surface area contributed by atoms with E-state index in [2.05, 4.69) is 15.4 Å². The fourth-order valence-electron chi connectivity index (χ4n) is 4.13. The summed E-state index contributed by atoms with van der Waals surface area (Å²) in [5.41, 5.74) is 0.665. The molecule has 1 aliphatic heterocycles. The van der Waals surface area contributed by atoms with Crippen LogP contribution in [0, 0.1) is 12.8 Å². The van der Waals surface area contributed by atoms with Crippen molar-refractivity contribution in [1.82, 2.24) is 24.6 Å². The molecule has 3 heterocycles. The predicted octanol–water partition coefficient (Wildman–Crippen LogP) is 2.50. The van der Waals surface area contributed by atoms with Crippen LogP contribution in [0.5, 0.6) is 0 Å². The van der Waals surface area contributed by atoms with E-state index in [9.17, 15) is 18.4 Å². The Morgan fingerprint density at radius 1 is 1.31 bits per heavy atom. The molecule has 2 aromatic heterocycles. The van der Waals surface area contributed by atoms with Crippen molar-refractivity contribution in [2.75, 3.05) is 0 Å². The highest BCUT2D eigenvalue weighted by Crippen LogP contribution is 2.36. The molecule has 0 aromatic carbocycles. The molecule has 158 valence electrons. The lowest BCUT2D eigenvalue weighted by Crippen LogP contribution is -2.41. The number of rotatable bonds is 4. The van der Waals surface area contributed by atoms with E-state index in [1.165, 1.54) is 4.68 Å². The smallest absolute Gasteiger partial charge is 0.346 e. The molecule has 1 aliphatic carbocycles. The number of carbonyl (C=O) groups excluding carboxylic acids is 1. The zero-order valence-corrected chi connectivity index (χ0v) is 17.2. The summed E-state index contributed by atoms with van der Waals surface area (Å²) in [6, 6.07) is -0.0688. The van der Waals surface area contributed by atoms with Crippen molar-refractivity contribution in [3.63, 3.8) is 0 Å². The molecule has 1 saturated carbocycles. The quantitative estimate of drug-likeness (QED) is 0.816. The third-order valence-electron chi connectivity index (χ3n) is 5.83. The van der Waals surface area contributed by atoms with Gasteiger partial charge in [0.15, 0.2) is 0 Å². The number of amides is 1. The Bertz CT molecular complexity index is 941. The minimum Gasteiger partial charge on any atom is -0.353 e. The van der Waals surface area contributed by atoms with Gasteiger partial charge in [-0.05, 0) is 32.6 Å². The number of fused-ring (bicyclic) bond motifs is 1. The molecule has 7 nitrogen and oxygen atoms in total. The van der Waals surface area contributed by atoms with Crippen LogP contribution in [0.3, 0.4) is 0 Å². The summed E-state index contributed by atoms with van der Waals surface area (Å²) in [5.74, 6) is -2.39. The molecule has 4 rings (SSSR count). The van der Waals surface area contributed by atoms with Crippen LogP contribution < -0.4 is 11.0 Å². The molecule has 1 atom stereocenters. The molecule has 2 aliphatic rings. The van der Waals surface area contributed by atoms with Crippen molar-refractivity contribution in [3.05, 3.63) is 32.4 Å². The van der Waals surface area contributed by atoms with Gasteiger partial charge in [-0.2, -0.15) is 5.10 Å². The first-order valence-electron chi connectivity index (χ1n) is 10.1. The van der Waals surface area contributed by atoms with Gasteiger partial charge in [-0.3, -0.25) is 9.36 Å². The highest BCUT2D eigenvalue weighted by molar-refractivity contribution is 7.09. The zero-order chi connectivity index (χ0) is 20.6. The van der Waals surface area contributed by atoms with Crippen LogP contribution in [0.2, 0.25) is 0 Å². The van der Waals surface area contributed by atoms with E-state index in [1.807, 2.05) is 12.3 Å². The van der Waals surface area contributed by atoms with Gasteiger partial charge in [0, 0.05) is 43.1 Å². The van der Waals surface area contributed by atoms with Gasteiger partial charge in [0.1, 0.15) is 5.82 Å². The Kier molecular flexibility index (Phi) is 5.54. The molecule has 1 N–H and O–H groups in total. The molecule has 2 aromatic rings. The second-order valence-corrected chi connectivity index (χ2v) is 9.09. The van der Waals surface area contributed by atoms with Gasteiger partial charge in [0.2, 0.25) is 11.8 Å². The van der Waals surface area contributed by atoms with Gasteiger partial charge in [-0.15, -0.1) is 11.3 Å². The van der Waals surface area contributed by atoms with Crippen molar-refractivity contribution in [2.45, 2.75) is 76.9 Å². The maximum Gasteiger partial charge on any atom is 0.346 e. The lowest BCUT2D eigenvalue weighted by atomic mass is 9.86. The van der Waals surface area contributed by atoms with Crippen LogP contribution in [0.25, 0.3) is 0 Å². The molecule has 0 radical (unpaired) electrons. The number of thiazole rings is 1. The van der Waals surface area contributed by atoms with Crippen molar-refractivity contribution in [1.29, 1.82) is 0 Å². The summed E-state index contributed by atoms with van der Waals surface area (Å²) in [5, 5.41) is 10.4. The molecule has 0 bridgehead atoms. The van der Waals surface area contributed by atoms with E-state index in [-0.39, 0.29) is 49.2 Å². The van der Waals surface area contributed by atoms with E-state index in [0.717, 1.165) is 16.5 Å². The molecule has 29 heavy (non-hydrogen) atoms. The van der Waals surface area contributed by atoms with E-state index in [4.69, 9.17) is 0 Å². The van der Waals surface area contributed by atoms with E-state index < -0.39 is 5.92 Å². The molecule has 0 spiro atoms. The third-order valence-corrected chi connectivity index (χ3v) is 6.65. The SMILES string of the molecule is Cc1nc(Cn2nc3n(c2=O)CCC(NC(=O)C2CCC(F)(F)CC2)CC3)cs1. The number of hydrogen-bond acceptors (Lipinski definition) is 5. The van der Waals surface area contributed by atoms with Gasteiger partial charge in [-0.25, -0.2) is 23.2 Å². The molecular formula is C19H25F2N5O2S. The Morgan fingerprint density at radius 2 is 2.07 bits per heavy atom. The first-order valence-corrected chi connectivity index (χ1v) is 10.9. The van der Waals surface area contributed by atoms with Crippen LogP contribution in [-0.4, -0.2) is 37.2 Å². The van der Waals surface area contributed by atoms with E-state index >= 15 is 0 Å². The lowest BCUT2D eigenvalue weighted by molar-refractivity contribution is -0.129. The zero-order valence-electron chi connectivity index (χ0n) is 16.4. The van der Waals surface area contributed by atoms with Gasteiger partial charge < -0.3 is 5.32 Å². The first-order chi connectivity index (χ1) is 13.8. The molecule has 1 fully saturated rings. The summed E-state index contributed by atoms with van der Waals surface area (Å²) in [4.78, 5) is 29.6. The van der Waals surface area contributed by atoms with Crippen LogP contribution in [0.4, 0.5) is 8.78 Å². The van der Waals surface area contributed by atoms with Crippen molar-refractivity contribution >= 4 is 17.2 Å². The van der Waals surface area contributed by atoms with Crippen LogP contribution in [-0.2, 0) is 24.3 Å². The van der Waals surface area contributed by atoms with E-state index in [1.54, 1.807) is 15.9 Å². The standard InChI is InChI=1S/C19H25F2N5O2S/c1-12-22-15(11-29-12)10-26-18(28)25-9-6-14(2-3-16(25)24-26)23-17(27)13-4-7-19(20,21)8-5-13/h11,13-14H,2-10H2,1H3,(H,23,27). The number of alkyl halides is 2. The van der Waals surface area contributed by atoms with Crippen LogP contribution in [0.15, 0.2) is 10.2 Å². The van der Waals surface area contributed by atoms with Crippen LogP contribution in [0.1, 0.15) is 55.1 Å². The number of carbonyl (C=O) groups is 1. The number of aromatic nitrogens is 4. The van der Waals surface area contributed by atoms with E-state index in [0.29, 0.717) is 32.4 Å². The first kappa shape index (κ1) is 20.2. The Labute approximate surface area is 171 Å². The highest BCUT2D eigenvalue weighted by atomic mass is 32.1. The molecular weight excluding hydrogens is 400 g/mol. The highest BCUT2D eigenvalue weighted by Gasteiger charge is 2.37. The number of nitrogens with zero attached hydrogens (tertiary/aromatic N) is 4. The van der Waals surface area contributed by atoms with Gasteiger partial charge in [0.25, 0.3) is 0 Å². The largest absolute Gasteiger partial charge is 0.353 e. The molecule has 1 amide bonds. The fourth-order valence-corrected chi connectivity index (χ4v) is 4.73. The Hall–Kier alpha value is -2.10. The minimum atomic E-state index is -2.63.